The zero-order valence-electron chi connectivity index (χ0n) is 16.3. The van der Waals surface area contributed by atoms with E-state index in [1.807, 2.05) is 24.6 Å². The van der Waals surface area contributed by atoms with Gasteiger partial charge in [-0.05, 0) is 27.7 Å². The summed E-state index contributed by atoms with van der Waals surface area (Å²) in [5.74, 6) is 2.10. The summed E-state index contributed by atoms with van der Waals surface area (Å²) in [6.07, 6.45) is 4.97. The van der Waals surface area contributed by atoms with Crippen molar-refractivity contribution >= 4 is 15.8 Å². The summed E-state index contributed by atoms with van der Waals surface area (Å²) in [6.45, 7) is 8.48. The summed E-state index contributed by atoms with van der Waals surface area (Å²) in [5.41, 5.74) is 1.13. The van der Waals surface area contributed by atoms with Gasteiger partial charge >= 0.3 is 0 Å². The molecule has 0 aromatic carbocycles. The lowest BCUT2D eigenvalue weighted by molar-refractivity contribution is 0.580. The van der Waals surface area contributed by atoms with Crippen LogP contribution in [0, 0.1) is 20.8 Å². The lowest BCUT2D eigenvalue weighted by Crippen LogP contribution is -2.29. The fourth-order valence-corrected chi connectivity index (χ4v) is 4.46. The zero-order chi connectivity index (χ0) is 20.3. The van der Waals surface area contributed by atoms with E-state index in [2.05, 4.69) is 30.1 Å². The molecule has 0 spiro atoms. The molecule has 0 fully saturated rings. The molecule has 3 aromatic rings. The van der Waals surface area contributed by atoms with Crippen LogP contribution in [0.5, 0.6) is 0 Å². The monoisotopic (exact) mass is 404 g/mol. The minimum absolute atomic E-state index is 0.210. The number of hydrogen-bond donors (Lipinski definition) is 2. The molecular formula is C17H24N8O2S. The molecule has 3 rings (SSSR count). The highest BCUT2D eigenvalue weighted by molar-refractivity contribution is 7.89. The van der Waals surface area contributed by atoms with Crippen molar-refractivity contribution in [2.45, 2.75) is 39.1 Å². The predicted octanol–water partition coefficient (Wildman–Crippen LogP) is 1.19. The van der Waals surface area contributed by atoms with Crippen LogP contribution in [0.3, 0.4) is 0 Å². The Hall–Kier alpha value is -2.79. The minimum Gasteiger partial charge on any atom is -0.369 e. The SMILES string of the molecule is CCn1nc(C)c(S(=O)(=O)NCCNc2cc(-n3ccnc3C)ncn2)c1C. The second kappa shape index (κ2) is 8.07. The molecular weight excluding hydrogens is 380 g/mol. The molecule has 150 valence electrons. The van der Waals surface area contributed by atoms with E-state index in [0.29, 0.717) is 36.1 Å². The Labute approximate surface area is 164 Å². The molecule has 0 atom stereocenters. The van der Waals surface area contributed by atoms with Gasteiger partial charge in [-0.2, -0.15) is 5.10 Å². The van der Waals surface area contributed by atoms with E-state index in [4.69, 9.17) is 0 Å². The van der Waals surface area contributed by atoms with Gasteiger partial charge in [-0.3, -0.25) is 9.25 Å². The fourth-order valence-electron chi connectivity index (χ4n) is 3.02. The highest BCUT2D eigenvalue weighted by Gasteiger charge is 2.23. The Morgan fingerprint density at radius 1 is 1.11 bits per heavy atom. The standard InChI is InChI=1S/C17H24N8O2S/c1-5-25-13(3)17(12(2)23-25)28(26,27)22-7-6-19-15-10-16(21-11-20-15)24-9-8-18-14(24)4/h8-11,22H,5-7H2,1-4H3,(H,19,20,21). The summed E-state index contributed by atoms with van der Waals surface area (Å²) in [5, 5.41) is 7.37. The van der Waals surface area contributed by atoms with Crippen LogP contribution in [0.25, 0.3) is 5.82 Å². The Morgan fingerprint density at radius 2 is 1.89 bits per heavy atom. The zero-order valence-corrected chi connectivity index (χ0v) is 17.2. The molecule has 0 saturated heterocycles. The number of aryl methyl sites for hydroxylation is 3. The molecule has 0 amide bonds. The van der Waals surface area contributed by atoms with E-state index in [-0.39, 0.29) is 11.4 Å². The lowest BCUT2D eigenvalue weighted by atomic mass is 10.4. The topological polar surface area (TPSA) is 120 Å². The molecule has 10 nitrogen and oxygen atoms in total. The average molecular weight is 405 g/mol. The third kappa shape index (κ3) is 4.04. The van der Waals surface area contributed by atoms with Crippen molar-refractivity contribution in [3.05, 3.63) is 42.0 Å². The Balaban J connectivity index is 1.62. The number of sulfonamides is 1. The third-order valence-corrected chi connectivity index (χ3v) is 6.04. The van der Waals surface area contributed by atoms with Gasteiger partial charge in [-0.15, -0.1) is 0 Å². The predicted molar refractivity (Wildman–Crippen MR) is 105 cm³/mol. The maximum absolute atomic E-state index is 12.6. The van der Waals surface area contributed by atoms with Crippen LogP contribution in [0.1, 0.15) is 24.1 Å². The van der Waals surface area contributed by atoms with E-state index in [1.165, 1.54) is 6.33 Å². The quantitative estimate of drug-likeness (QED) is 0.541. The average Bonchev–Trinajstić information content (AvgIpc) is 3.21. The van der Waals surface area contributed by atoms with E-state index < -0.39 is 10.0 Å². The van der Waals surface area contributed by atoms with Crippen LogP contribution in [0.2, 0.25) is 0 Å². The van der Waals surface area contributed by atoms with Crippen molar-refractivity contribution < 1.29 is 8.42 Å². The van der Waals surface area contributed by atoms with E-state index in [9.17, 15) is 8.42 Å². The van der Waals surface area contributed by atoms with Crippen LogP contribution >= 0.6 is 0 Å². The second-order valence-corrected chi connectivity index (χ2v) is 7.95. The first-order valence-corrected chi connectivity index (χ1v) is 10.4. The second-order valence-electron chi connectivity index (χ2n) is 6.25. The van der Waals surface area contributed by atoms with Crippen LogP contribution < -0.4 is 10.0 Å². The first-order chi connectivity index (χ1) is 13.3. The number of imidazole rings is 1. The first kappa shape index (κ1) is 20.0. The van der Waals surface area contributed by atoms with Gasteiger partial charge in [-0.1, -0.05) is 0 Å². The smallest absolute Gasteiger partial charge is 0.244 e. The van der Waals surface area contributed by atoms with Crippen LogP contribution in [0.4, 0.5) is 5.82 Å². The number of aromatic nitrogens is 6. The molecule has 0 bridgehead atoms. The van der Waals surface area contributed by atoms with Gasteiger partial charge in [0.1, 0.15) is 28.7 Å². The summed E-state index contributed by atoms with van der Waals surface area (Å²) in [7, 11) is -3.63. The number of rotatable bonds is 8. The van der Waals surface area contributed by atoms with Crippen molar-refractivity contribution in [1.29, 1.82) is 0 Å². The lowest BCUT2D eigenvalue weighted by Gasteiger charge is -2.10. The molecule has 3 aromatic heterocycles. The first-order valence-electron chi connectivity index (χ1n) is 8.93. The van der Waals surface area contributed by atoms with Gasteiger partial charge in [0.15, 0.2) is 0 Å². The van der Waals surface area contributed by atoms with Crippen LogP contribution in [0.15, 0.2) is 29.7 Å². The molecule has 0 aliphatic heterocycles. The highest BCUT2D eigenvalue weighted by atomic mass is 32.2. The molecule has 11 heteroatoms. The Bertz CT molecular complexity index is 1070. The molecule has 3 heterocycles. The normalized spacial score (nSPS) is 11.7. The molecule has 28 heavy (non-hydrogen) atoms. The summed E-state index contributed by atoms with van der Waals surface area (Å²) < 4.78 is 31.4. The van der Waals surface area contributed by atoms with Gasteiger partial charge in [-0.25, -0.2) is 28.1 Å². The molecule has 0 saturated carbocycles. The molecule has 0 aliphatic rings. The molecule has 0 aliphatic carbocycles. The van der Waals surface area contributed by atoms with E-state index in [0.717, 1.165) is 5.82 Å². The van der Waals surface area contributed by atoms with Gasteiger partial charge < -0.3 is 5.32 Å². The van der Waals surface area contributed by atoms with Crippen LogP contribution in [-0.4, -0.2) is 50.8 Å². The Kier molecular flexibility index (Phi) is 5.75. The summed E-state index contributed by atoms with van der Waals surface area (Å²) >= 11 is 0. The van der Waals surface area contributed by atoms with Gasteiger partial charge in [0.25, 0.3) is 0 Å². The highest BCUT2D eigenvalue weighted by Crippen LogP contribution is 2.19. The van der Waals surface area contributed by atoms with E-state index >= 15 is 0 Å². The van der Waals surface area contributed by atoms with Crippen molar-refractivity contribution in [1.82, 2.24) is 34.0 Å². The van der Waals surface area contributed by atoms with Crippen molar-refractivity contribution in [2.24, 2.45) is 0 Å². The molecule has 2 N–H and O–H groups in total. The number of nitrogens with one attached hydrogen (secondary N) is 2. The van der Waals surface area contributed by atoms with Crippen molar-refractivity contribution in [3.63, 3.8) is 0 Å². The molecule has 0 radical (unpaired) electrons. The minimum atomic E-state index is -3.63. The van der Waals surface area contributed by atoms with Gasteiger partial charge in [0, 0.05) is 38.1 Å². The van der Waals surface area contributed by atoms with Crippen LogP contribution in [-0.2, 0) is 16.6 Å². The number of hydrogen-bond acceptors (Lipinski definition) is 7. The number of anilines is 1. The maximum Gasteiger partial charge on any atom is 0.244 e. The van der Waals surface area contributed by atoms with Crippen molar-refractivity contribution in [2.75, 3.05) is 18.4 Å². The molecule has 0 unspecified atom stereocenters. The number of nitrogens with zero attached hydrogens (tertiary/aromatic N) is 6. The van der Waals surface area contributed by atoms with Gasteiger partial charge in [0.2, 0.25) is 10.0 Å². The maximum atomic E-state index is 12.6. The van der Waals surface area contributed by atoms with Crippen molar-refractivity contribution in [3.8, 4) is 5.82 Å². The van der Waals surface area contributed by atoms with E-state index in [1.54, 1.807) is 30.8 Å². The van der Waals surface area contributed by atoms with Gasteiger partial charge in [0.05, 0.1) is 11.4 Å². The largest absolute Gasteiger partial charge is 0.369 e. The third-order valence-electron chi connectivity index (χ3n) is 4.33. The Morgan fingerprint density at radius 3 is 2.54 bits per heavy atom. The summed E-state index contributed by atoms with van der Waals surface area (Å²) in [6, 6.07) is 1.78. The summed E-state index contributed by atoms with van der Waals surface area (Å²) in [4.78, 5) is 12.8. The fraction of sp³-hybridized carbons (Fsp3) is 0.412.